The van der Waals surface area contributed by atoms with Crippen molar-refractivity contribution in [3.8, 4) is 0 Å². The van der Waals surface area contributed by atoms with Gasteiger partial charge < -0.3 is 29.0 Å². The van der Waals surface area contributed by atoms with Gasteiger partial charge in [0.15, 0.2) is 0 Å². The summed E-state index contributed by atoms with van der Waals surface area (Å²) in [6, 6.07) is 0. The minimum atomic E-state index is -0.942. The van der Waals surface area contributed by atoms with Crippen molar-refractivity contribution in [1.29, 1.82) is 0 Å². The predicted molar refractivity (Wildman–Crippen MR) is 246 cm³/mol. The number of hydrogen-bond acceptors (Lipinski definition) is 4. The van der Waals surface area contributed by atoms with E-state index in [1.807, 2.05) is 42.3 Å². The van der Waals surface area contributed by atoms with Gasteiger partial charge in [-0.1, -0.05) is 147 Å². The van der Waals surface area contributed by atoms with Gasteiger partial charge in [-0.25, -0.2) is 0 Å². The van der Waals surface area contributed by atoms with Crippen LogP contribution in [0.25, 0.3) is 0 Å². The summed E-state index contributed by atoms with van der Waals surface area (Å²) < 4.78 is 7.77. The quantitative estimate of drug-likeness (QED) is 0.0322. The highest BCUT2D eigenvalue weighted by molar-refractivity contribution is 5.71. The molecule has 342 valence electrons. The molecule has 0 aliphatic rings. The first-order valence-corrected chi connectivity index (χ1v) is 24.3. The van der Waals surface area contributed by atoms with Crippen molar-refractivity contribution in [2.45, 2.75) is 218 Å². The van der Waals surface area contributed by atoms with Crippen LogP contribution in [0.4, 0.5) is 0 Å². The van der Waals surface area contributed by atoms with Crippen LogP contribution in [0, 0.1) is 11.8 Å². The second-order valence-corrected chi connectivity index (χ2v) is 19.7. The van der Waals surface area contributed by atoms with E-state index in [-0.39, 0.29) is 0 Å². The number of likely N-dealkylation sites (N-methyl/N-ethyl adjacent to an activating group) is 2. The van der Waals surface area contributed by atoms with E-state index in [4.69, 9.17) is 4.74 Å². The third-order valence-corrected chi connectivity index (χ3v) is 11.5. The smallest absolute Gasteiger partial charge is 0.309 e. The zero-order valence-electron chi connectivity index (χ0n) is 39.6. The van der Waals surface area contributed by atoms with Crippen LogP contribution in [0.2, 0.25) is 0 Å². The summed E-state index contributed by atoms with van der Waals surface area (Å²) in [4.78, 5) is 25.7. The van der Waals surface area contributed by atoms with Gasteiger partial charge in [0.25, 0.3) is 0 Å². The van der Waals surface area contributed by atoms with Gasteiger partial charge in [-0.2, -0.15) is 0 Å². The lowest BCUT2D eigenvalue weighted by Crippen LogP contribution is -2.53. The van der Waals surface area contributed by atoms with Crippen LogP contribution in [0.3, 0.4) is 0 Å². The number of nitrogens with zero attached hydrogens (tertiary/aromatic N) is 2. The molecule has 0 bridgehead atoms. The minimum absolute atomic E-state index is 0.298. The van der Waals surface area contributed by atoms with Crippen molar-refractivity contribution in [1.82, 2.24) is 0 Å². The lowest BCUT2D eigenvalue weighted by atomic mass is 9.91. The molecule has 8 heteroatoms. The summed E-state index contributed by atoms with van der Waals surface area (Å²) in [5.41, 5.74) is 0. The Balaban J connectivity index is 5.06. The van der Waals surface area contributed by atoms with Crippen LogP contribution in [0.15, 0.2) is 24.3 Å². The number of quaternary nitrogens is 2. The van der Waals surface area contributed by atoms with E-state index in [0.29, 0.717) is 47.7 Å². The number of aliphatic carboxylic acids is 2. The van der Waals surface area contributed by atoms with E-state index < -0.39 is 42.1 Å². The zero-order valence-corrected chi connectivity index (χ0v) is 39.6. The molecule has 0 aliphatic carbocycles. The Labute approximate surface area is 359 Å². The normalized spacial score (nSPS) is 15.3. The summed E-state index contributed by atoms with van der Waals surface area (Å²) in [5, 5.41) is 31.9. The average Bonchev–Trinajstić information content (AvgIpc) is 3.13. The molecule has 0 fully saturated rings. The molecule has 0 heterocycles. The van der Waals surface area contributed by atoms with Crippen molar-refractivity contribution in [3.63, 3.8) is 0 Å². The Morgan fingerprint density at radius 3 is 1.12 bits per heavy atom. The van der Waals surface area contributed by atoms with Crippen molar-refractivity contribution in [2.75, 3.05) is 55.4 Å². The van der Waals surface area contributed by atoms with Crippen LogP contribution in [0.1, 0.15) is 200 Å². The van der Waals surface area contributed by atoms with Crippen molar-refractivity contribution in [3.05, 3.63) is 24.3 Å². The summed E-state index contributed by atoms with van der Waals surface area (Å²) in [7, 11) is 12.2. The highest BCUT2D eigenvalue weighted by Crippen LogP contribution is 2.27. The third kappa shape index (κ3) is 35.1. The van der Waals surface area contributed by atoms with Crippen LogP contribution in [0.5, 0.6) is 0 Å². The van der Waals surface area contributed by atoms with Gasteiger partial charge in [-0.05, 0) is 77.0 Å². The van der Waals surface area contributed by atoms with Gasteiger partial charge in [0.05, 0.1) is 60.2 Å². The van der Waals surface area contributed by atoms with E-state index in [0.717, 1.165) is 57.8 Å². The van der Waals surface area contributed by atoms with Crippen molar-refractivity contribution >= 4 is 11.9 Å². The Hall–Kier alpha value is -1.74. The van der Waals surface area contributed by atoms with Crippen molar-refractivity contribution in [2.24, 2.45) is 11.8 Å². The number of aliphatic hydroxyl groups excluding tert-OH is 1. The van der Waals surface area contributed by atoms with Gasteiger partial charge in [0, 0.05) is 0 Å². The topological polar surface area (TPSA) is 104 Å². The summed E-state index contributed by atoms with van der Waals surface area (Å²) in [6.45, 7) is 5.42. The number of ether oxygens (including phenoxy) is 1. The van der Waals surface area contributed by atoms with Crippen LogP contribution < -0.4 is 0 Å². The molecule has 0 aromatic carbocycles. The number of carbonyl (C=O) groups is 2. The standard InChI is InChI=1S/C50H96N2O6/c1-9-11-13-15-17-19-21-23-24-25-27-29-31-33-35-37-39-45(49(54)55)47(42-51(3,4)5)58-48(43-52(6,7)8)46(50(56)57)41-40-44(53)38-36-34-32-30-28-26-22-20-18-16-14-12-10-2/h23-24,26,28,44-48,53H,9-22,25,27,29-43H2,1-8H3/p+2. The Morgan fingerprint density at radius 2 is 0.759 bits per heavy atom. The number of carboxylic acids is 2. The maximum absolute atomic E-state index is 12.8. The SMILES string of the molecule is CCCCCCCCC=CCCCCCCCCC(C(=O)O)C(C[N+](C)(C)C)OC(C[N+](C)(C)C)C(CCC(O)CCCCCC=CCCCCCCCC)C(=O)O. The number of aliphatic hydroxyl groups is 1. The molecule has 0 aromatic heterocycles. The first kappa shape index (κ1) is 56.3. The molecule has 5 atom stereocenters. The molecule has 0 radical (unpaired) electrons. The molecule has 0 aromatic rings. The molecule has 0 spiro atoms. The Kier molecular flexibility index (Phi) is 34.9. The fourth-order valence-electron chi connectivity index (χ4n) is 8.00. The van der Waals surface area contributed by atoms with E-state index in [9.17, 15) is 24.9 Å². The number of hydrogen-bond donors (Lipinski definition) is 3. The third-order valence-electron chi connectivity index (χ3n) is 11.5. The zero-order chi connectivity index (χ0) is 43.5. The Morgan fingerprint density at radius 1 is 0.448 bits per heavy atom. The number of allylic oxidation sites excluding steroid dienone is 4. The van der Waals surface area contributed by atoms with Crippen molar-refractivity contribution < 1.29 is 38.6 Å². The molecule has 0 rings (SSSR count). The molecule has 0 amide bonds. The molecular formula is C50H98N2O6+2. The fourth-order valence-corrected chi connectivity index (χ4v) is 8.00. The van der Waals surface area contributed by atoms with Gasteiger partial charge in [-0.3, -0.25) is 9.59 Å². The van der Waals surface area contributed by atoms with Gasteiger partial charge in [0.1, 0.15) is 25.3 Å². The van der Waals surface area contributed by atoms with Crippen LogP contribution >= 0.6 is 0 Å². The molecule has 0 saturated carbocycles. The van der Waals surface area contributed by atoms with Gasteiger partial charge in [-0.15, -0.1) is 0 Å². The minimum Gasteiger partial charge on any atom is -0.481 e. The molecular weight excluding hydrogens is 725 g/mol. The van der Waals surface area contributed by atoms with Gasteiger partial charge >= 0.3 is 11.9 Å². The number of rotatable bonds is 42. The molecule has 0 aliphatic heterocycles. The highest BCUT2D eigenvalue weighted by atomic mass is 16.5. The molecule has 8 nitrogen and oxygen atoms in total. The average molecular weight is 823 g/mol. The first-order valence-electron chi connectivity index (χ1n) is 24.3. The molecule has 3 N–H and O–H groups in total. The number of unbranched alkanes of at least 4 members (excludes halogenated alkanes) is 21. The first-order chi connectivity index (χ1) is 27.6. The molecule has 58 heavy (non-hydrogen) atoms. The van der Waals surface area contributed by atoms with Crippen LogP contribution in [-0.4, -0.2) is 110 Å². The predicted octanol–water partition coefficient (Wildman–Crippen LogP) is 12.4. The lowest BCUT2D eigenvalue weighted by Gasteiger charge is -2.38. The molecule has 5 unspecified atom stereocenters. The van der Waals surface area contributed by atoms with E-state index >= 15 is 0 Å². The lowest BCUT2D eigenvalue weighted by molar-refractivity contribution is -0.879. The Bertz CT molecular complexity index is 1030. The summed E-state index contributed by atoms with van der Waals surface area (Å²) >= 11 is 0. The van der Waals surface area contributed by atoms with Crippen LogP contribution in [-0.2, 0) is 14.3 Å². The monoisotopic (exact) mass is 823 g/mol. The summed E-state index contributed by atoms with van der Waals surface area (Å²) in [5.74, 6) is -3.36. The number of carboxylic acid groups (broad SMARTS) is 2. The summed E-state index contributed by atoms with van der Waals surface area (Å²) in [6.07, 6.45) is 39.4. The van der Waals surface area contributed by atoms with E-state index in [2.05, 4.69) is 38.2 Å². The largest absolute Gasteiger partial charge is 0.481 e. The maximum atomic E-state index is 12.8. The second kappa shape index (κ2) is 36.0. The molecule has 0 saturated heterocycles. The van der Waals surface area contributed by atoms with E-state index in [1.165, 1.54) is 103 Å². The van der Waals surface area contributed by atoms with Gasteiger partial charge in [0.2, 0.25) is 0 Å². The second-order valence-electron chi connectivity index (χ2n) is 19.7. The highest BCUT2D eigenvalue weighted by Gasteiger charge is 2.40. The maximum Gasteiger partial charge on any atom is 0.309 e. The fraction of sp³-hybridized carbons (Fsp3) is 0.880. The van der Waals surface area contributed by atoms with E-state index in [1.54, 1.807) is 0 Å².